The van der Waals surface area contributed by atoms with E-state index in [1.54, 1.807) is 0 Å². The molecule has 0 saturated carbocycles. The van der Waals surface area contributed by atoms with E-state index in [1.165, 1.54) is 5.56 Å². The number of Topliss-reactive ketones (excluding diaryl/α,β-unsaturated/α-hetero) is 1. The van der Waals surface area contributed by atoms with Crippen LogP contribution in [0, 0.1) is 5.92 Å². The van der Waals surface area contributed by atoms with E-state index in [0.717, 1.165) is 19.3 Å². The van der Waals surface area contributed by atoms with Gasteiger partial charge < -0.3 is 5.32 Å². The Bertz CT molecular complexity index is 441. The van der Waals surface area contributed by atoms with Gasteiger partial charge in [0.05, 0.1) is 0 Å². The summed E-state index contributed by atoms with van der Waals surface area (Å²) in [5.74, 6) is 0.160. The highest BCUT2D eigenvalue weighted by Gasteiger charge is 2.30. The largest absolute Gasteiger partial charge is 0.353 e. The molecular weight excluding hydrogens is 238 g/mol. The van der Waals surface area contributed by atoms with Gasteiger partial charge in [0.2, 0.25) is 5.91 Å². The van der Waals surface area contributed by atoms with Gasteiger partial charge in [-0.15, -0.1) is 0 Å². The van der Waals surface area contributed by atoms with Crippen LogP contribution in [0.1, 0.15) is 38.2 Å². The highest BCUT2D eigenvalue weighted by Crippen LogP contribution is 2.20. The first kappa shape index (κ1) is 13.8. The third kappa shape index (κ3) is 4.19. The number of nitrogens with one attached hydrogen (secondary N) is 1. The van der Waals surface area contributed by atoms with Crippen molar-refractivity contribution in [3.05, 3.63) is 35.9 Å². The lowest BCUT2D eigenvalue weighted by Crippen LogP contribution is -2.24. The number of aryl methyl sites for hydroxylation is 1. The topological polar surface area (TPSA) is 46.2 Å². The van der Waals surface area contributed by atoms with Crippen molar-refractivity contribution in [2.24, 2.45) is 5.92 Å². The molecule has 1 N–H and O–H groups in total. The fourth-order valence-electron chi connectivity index (χ4n) is 2.64. The van der Waals surface area contributed by atoms with Crippen molar-refractivity contribution in [3.8, 4) is 0 Å². The number of carbonyl (C=O) groups is 2. The zero-order chi connectivity index (χ0) is 13.7. The zero-order valence-corrected chi connectivity index (χ0v) is 11.4. The number of hydrogen-bond donors (Lipinski definition) is 1. The molecule has 1 aromatic carbocycles. The summed E-state index contributed by atoms with van der Waals surface area (Å²) in [6.45, 7) is 1.98. The molecule has 1 amide bonds. The molecule has 0 bridgehead atoms. The van der Waals surface area contributed by atoms with Gasteiger partial charge in [0.1, 0.15) is 5.78 Å². The lowest BCUT2D eigenvalue weighted by atomic mass is 9.96. The molecule has 0 aromatic heterocycles. The van der Waals surface area contributed by atoms with E-state index in [9.17, 15) is 9.59 Å². The first-order valence-corrected chi connectivity index (χ1v) is 7.01. The molecule has 19 heavy (non-hydrogen) atoms. The molecule has 1 heterocycles. The zero-order valence-electron chi connectivity index (χ0n) is 11.4. The minimum atomic E-state index is -0.0979. The molecule has 1 unspecified atom stereocenters. The predicted octanol–water partition coefficient (Wildman–Crippen LogP) is 2.49. The van der Waals surface area contributed by atoms with Crippen LogP contribution in [-0.4, -0.2) is 17.7 Å². The quantitative estimate of drug-likeness (QED) is 0.853. The number of ketones is 1. The molecule has 0 aliphatic carbocycles. The Morgan fingerprint density at radius 1 is 1.32 bits per heavy atom. The molecule has 2 rings (SSSR count). The van der Waals surface area contributed by atoms with Gasteiger partial charge in [-0.05, 0) is 31.7 Å². The maximum absolute atomic E-state index is 11.9. The summed E-state index contributed by atoms with van der Waals surface area (Å²) >= 11 is 0. The molecule has 1 saturated heterocycles. The first-order chi connectivity index (χ1) is 9.15. The minimum Gasteiger partial charge on any atom is -0.353 e. The van der Waals surface area contributed by atoms with E-state index in [1.807, 2.05) is 25.1 Å². The Kier molecular flexibility index (Phi) is 4.72. The van der Waals surface area contributed by atoms with Crippen molar-refractivity contribution < 1.29 is 9.59 Å². The normalized spacial score (nSPS) is 22.3. The molecule has 1 aliphatic heterocycles. The second-order valence-corrected chi connectivity index (χ2v) is 5.42. The fraction of sp³-hybridized carbons (Fsp3) is 0.500. The van der Waals surface area contributed by atoms with Crippen LogP contribution in [-0.2, 0) is 16.0 Å². The van der Waals surface area contributed by atoms with E-state index in [0.29, 0.717) is 12.8 Å². The van der Waals surface area contributed by atoms with Crippen LogP contribution in [0.15, 0.2) is 30.3 Å². The third-order valence-electron chi connectivity index (χ3n) is 3.64. The SMILES string of the molecule is CC1C[C@H](CC(=O)CCCc2ccccc2)C(=O)N1. The molecule has 2 atom stereocenters. The fourth-order valence-corrected chi connectivity index (χ4v) is 2.64. The molecular formula is C16H21NO2. The lowest BCUT2D eigenvalue weighted by molar-refractivity contribution is -0.127. The van der Waals surface area contributed by atoms with Crippen molar-refractivity contribution in [2.75, 3.05) is 0 Å². The van der Waals surface area contributed by atoms with E-state index < -0.39 is 0 Å². The van der Waals surface area contributed by atoms with E-state index in [4.69, 9.17) is 0 Å². The van der Waals surface area contributed by atoms with Crippen molar-refractivity contribution in [3.63, 3.8) is 0 Å². The summed E-state index contributed by atoms with van der Waals surface area (Å²) in [6, 6.07) is 10.4. The number of benzene rings is 1. The van der Waals surface area contributed by atoms with Crippen molar-refractivity contribution >= 4 is 11.7 Å². The predicted molar refractivity (Wildman–Crippen MR) is 74.7 cm³/mol. The monoisotopic (exact) mass is 259 g/mol. The standard InChI is InChI=1S/C16H21NO2/c1-12-10-14(16(19)17-12)11-15(18)9-5-8-13-6-3-2-4-7-13/h2-4,6-7,12,14H,5,8-11H2,1H3,(H,17,19)/t12?,14-/m1/s1. The second kappa shape index (κ2) is 6.50. The van der Waals surface area contributed by atoms with Crippen LogP contribution in [0.25, 0.3) is 0 Å². The molecule has 1 aromatic rings. The average Bonchev–Trinajstić information content (AvgIpc) is 2.69. The van der Waals surface area contributed by atoms with Crippen LogP contribution in [0.5, 0.6) is 0 Å². The minimum absolute atomic E-state index is 0.0453. The third-order valence-corrected chi connectivity index (χ3v) is 3.64. The highest BCUT2D eigenvalue weighted by molar-refractivity contribution is 5.88. The Hall–Kier alpha value is -1.64. The summed E-state index contributed by atoms with van der Waals surface area (Å²) in [6.07, 6.45) is 3.58. The lowest BCUT2D eigenvalue weighted by Gasteiger charge is -2.06. The van der Waals surface area contributed by atoms with Crippen molar-refractivity contribution in [1.82, 2.24) is 5.32 Å². The second-order valence-electron chi connectivity index (χ2n) is 5.42. The van der Waals surface area contributed by atoms with Crippen molar-refractivity contribution in [1.29, 1.82) is 0 Å². The number of amides is 1. The first-order valence-electron chi connectivity index (χ1n) is 7.01. The number of hydrogen-bond acceptors (Lipinski definition) is 2. The summed E-state index contributed by atoms with van der Waals surface area (Å²) in [7, 11) is 0. The Balaban J connectivity index is 1.69. The summed E-state index contributed by atoms with van der Waals surface area (Å²) < 4.78 is 0. The van der Waals surface area contributed by atoms with Gasteiger partial charge in [-0.1, -0.05) is 30.3 Å². The molecule has 102 valence electrons. The van der Waals surface area contributed by atoms with Gasteiger partial charge in [-0.2, -0.15) is 0 Å². The molecule has 0 radical (unpaired) electrons. The van der Waals surface area contributed by atoms with Gasteiger partial charge >= 0.3 is 0 Å². The van der Waals surface area contributed by atoms with E-state index >= 15 is 0 Å². The van der Waals surface area contributed by atoms with Crippen LogP contribution in [0.4, 0.5) is 0 Å². The molecule has 0 spiro atoms. The van der Waals surface area contributed by atoms with Gasteiger partial charge in [0, 0.05) is 24.8 Å². The maximum atomic E-state index is 11.9. The maximum Gasteiger partial charge on any atom is 0.223 e. The molecule has 1 aliphatic rings. The van der Waals surface area contributed by atoms with Crippen molar-refractivity contribution in [2.45, 2.75) is 45.1 Å². The van der Waals surface area contributed by atoms with E-state index in [-0.39, 0.29) is 23.7 Å². The average molecular weight is 259 g/mol. The highest BCUT2D eigenvalue weighted by atomic mass is 16.2. The molecule has 3 heteroatoms. The smallest absolute Gasteiger partial charge is 0.223 e. The van der Waals surface area contributed by atoms with Gasteiger partial charge in [-0.25, -0.2) is 0 Å². The Morgan fingerprint density at radius 3 is 2.68 bits per heavy atom. The van der Waals surface area contributed by atoms with Gasteiger partial charge in [0.25, 0.3) is 0 Å². The van der Waals surface area contributed by atoms with Crippen LogP contribution in [0.3, 0.4) is 0 Å². The molecule has 3 nitrogen and oxygen atoms in total. The number of carbonyl (C=O) groups excluding carboxylic acids is 2. The Labute approximate surface area is 114 Å². The summed E-state index contributed by atoms with van der Waals surface area (Å²) in [5, 5.41) is 2.86. The van der Waals surface area contributed by atoms with Crippen LogP contribution in [0.2, 0.25) is 0 Å². The Morgan fingerprint density at radius 2 is 2.05 bits per heavy atom. The van der Waals surface area contributed by atoms with Crippen LogP contribution >= 0.6 is 0 Å². The van der Waals surface area contributed by atoms with E-state index in [2.05, 4.69) is 17.4 Å². The van der Waals surface area contributed by atoms with Crippen LogP contribution < -0.4 is 5.32 Å². The summed E-state index contributed by atoms with van der Waals surface area (Å²) in [5.41, 5.74) is 1.27. The number of rotatable bonds is 6. The van der Waals surface area contributed by atoms with Gasteiger partial charge in [0.15, 0.2) is 0 Å². The van der Waals surface area contributed by atoms with Gasteiger partial charge in [-0.3, -0.25) is 9.59 Å². The summed E-state index contributed by atoms with van der Waals surface area (Å²) in [4.78, 5) is 23.4. The molecule has 1 fully saturated rings.